The van der Waals surface area contributed by atoms with Crippen molar-refractivity contribution in [1.29, 1.82) is 0 Å². The molecule has 0 unspecified atom stereocenters. The molecule has 6 heteroatoms. The van der Waals surface area contributed by atoms with Gasteiger partial charge in [0.1, 0.15) is 5.75 Å². The summed E-state index contributed by atoms with van der Waals surface area (Å²) in [5.41, 5.74) is 0. The number of rotatable bonds is 5. The lowest BCUT2D eigenvalue weighted by Crippen LogP contribution is -2.47. The molecule has 1 atom stereocenters. The lowest BCUT2D eigenvalue weighted by atomic mass is 10.1. The van der Waals surface area contributed by atoms with Crippen LogP contribution in [0.3, 0.4) is 0 Å². The summed E-state index contributed by atoms with van der Waals surface area (Å²) in [6, 6.07) is 0.0745. The Hall–Kier alpha value is -0.620. The number of sulfone groups is 1. The summed E-state index contributed by atoms with van der Waals surface area (Å²) in [5, 5.41) is 5.94. The number of hydrogen-bond acceptors (Lipinski definition) is 4. The summed E-state index contributed by atoms with van der Waals surface area (Å²) in [5.74, 6) is -0.631. The van der Waals surface area contributed by atoms with Gasteiger partial charge in [0, 0.05) is 12.6 Å². The van der Waals surface area contributed by atoms with Crippen LogP contribution in [0.1, 0.15) is 26.7 Å². The quantitative estimate of drug-likeness (QED) is 0.727. The molecule has 1 amide bonds. The van der Waals surface area contributed by atoms with Gasteiger partial charge in [0.05, 0.1) is 5.75 Å². The first-order valence-corrected chi connectivity index (χ1v) is 7.91. The first-order valence-electron chi connectivity index (χ1n) is 6.09. The van der Waals surface area contributed by atoms with Crippen molar-refractivity contribution >= 4 is 15.7 Å². The van der Waals surface area contributed by atoms with Crippen LogP contribution in [0.4, 0.5) is 0 Å². The van der Waals surface area contributed by atoms with Crippen LogP contribution in [-0.4, -0.2) is 45.0 Å². The molecule has 1 heterocycles. The summed E-state index contributed by atoms with van der Waals surface area (Å²) < 4.78 is 23.2. The Balaban J connectivity index is 2.38. The highest BCUT2D eigenvalue weighted by Gasteiger charge is 2.21. The van der Waals surface area contributed by atoms with E-state index in [1.165, 1.54) is 0 Å². The van der Waals surface area contributed by atoms with E-state index in [0.29, 0.717) is 0 Å². The van der Waals surface area contributed by atoms with Gasteiger partial charge in [-0.15, -0.1) is 0 Å². The van der Waals surface area contributed by atoms with Crippen molar-refractivity contribution in [3.63, 3.8) is 0 Å². The molecule has 1 saturated heterocycles. The van der Waals surface area contributed by atoms with E-state index in [0.717, 1.165) is 25.9 Å². The van der Waals surface area contributed by atoms with Crippen LogP contribution in [0.5, 0.6) is 0 Å². The smallest absolute Gasteiger partial charge is 0.235 e. The van der Waals surface area contributed by atoms with Gasteiger partial charge in [0.15, 0.2) is 9.84 Å². The first-order chi connectivity index (χ1) is 7.89. The lowest BCUT2D eigenvalue weighted by Gasteiger charge is -2.23. The molecule has 0 aromatic carbocycles. The zero-order chi connectivity index (χ0) is 12.9. The molecular formula is C11H22N2O3S. The predicted molar refractivity (Wildman–Crippen MR) is 67.5 cm³/mol. The number of nitrogens with one attached hydrogen (secondary N) is 2. The van der Waals surface area contributed by atoms with Crippen molar-refractivity contribution in [3.8, 4) is 0 Å². The Morgan fingerprint density at radius 1 is 1.47 bits per heavy atom. The summed E-state index contributed by atoms with van der Waals surface area (Å²) >= 11 is 0. The third-order valence-corrected chi connectivity index (χ3v) is 4.48. The molecule has 2 N–H and O–H groups in total. The normalized spacial score (nSPS) is 21.5. The van der Waals surface area contributed by atoms with E-state index in [-0.39, 0.29) is 29.4 Å². The highest BCUT2D eigenvalue weighted by Crippen LogP contribution is 2.03. The fraction of sp³-hybridized carbons (Fsp3) is 0.909. The van der Waals surface area contributed by atoms with Gasteiger partial charge >= 0.3 is 0 Å². The van der Waals surface area contributed by atoms with Gasteiger partial charge in [0.2, 0.25) is 5.91 Å². The molecule has 100 valence electrons. The second-order valence-corrected chi connectivity index (χ2v) is 7.17. The van der Waals surface area contributed by atoms with Crippen LogP contribution in [0.25, 0.3) is 0 Å². The highest BCUT2D eigenvalue weighted by atomic mass is 32.2. The largest absolute Gasteiger partial charge is 0.351 e. The summed E-state index contributed by atoms with van der Waals surface area (Å²) in [6.07, 6.45) is 1.94. The number of hydrogen-bond donors (Lipinski definition) is 2. The van der Waals surface area contributed by atoms with E-state index < -0.39 is 9.84 Å². The molecular weight excluding hydrogens is 240 g/mol. The molecule has 5 nitrogen and oxygen atoms in total. The first kappa shape index (κ1) is 14.4. The third kappa shape index (κ3) is 6.02. The van der Waals surface area contributed by atoms with Gasteiger partial charge in [-0.2, -0.15) is 0 Å². The number of amides is 1. The third-order valence-electron chi connectivity index (χ3n) is 2.60. The van der Waals surface area contributed by atoms with Gasteiger partial charge in [-0.3, -0.25) is 4.79 Å². The van der Waals surface area contributed by atoms with Crippen LogP contribution < -0.4 is 10.6 Å². The maximum Gasteiger partial charge on any atom is 0.235 e. The van der Waals surface area contributed by atoms with Crippen molar-refractivity contribution in [2.24, 2.45) is 5.92 Å². The molecule has 0 aromatic heterocycles. The Morgan fingerprint density at radius 3 is 2.71 bits per heavy atom. The molecule has 1 aliphatic rings. The van der Waals surface area contributed by atoms with Crippen molar-refractivity contribution < 1.29 is 13.2 Å². The number of carbonyl (C=O) groups excluding carboxylic acids is 1. The lowest BCUT2D eigenvalue weighted by molar-refractivity contribution is -0.119. The monoisotopic (exact) mass is 262 g/mol. The Labute approximate surface area is 103 Å². The number of piperidine rings is 1. The predicted octanol–water partition coefficient (Wildman–Crippen LogP) is -0.0746. The second kappa shape index (κ2) is 6.35. The van der Waals surface area contributed by atoms with Gasteiger partial charge in [-0.25, -0.2) is 8.42 Å². The minimum Gasteiger partial charge on any atom is -0.351 e. The fourth-order valence-electron chi connectivity index (χ4n) is 2.01. The maximum atomic E-state index is 11.6. The SMILES string of the molecule is CC(C)CS(=O)(=O)CC(=O)N[C@H]1CCCNC1. The Bertz CT molecular complexity index is 346. The molecule has 0 aliphatic carbocycles. The van der Waals surface area contributed by atoms with Gasteiger partial charge in [0.25, 0.3) is 0 Å². The van der Waals surface area contributed by atoms with E-state index >= 15 is 0 Å². The number of carbonyl (C=O) groups is 1. The molecule has 0 aromatic rings. The van der Waals surface area contributed by atoms with Crippen LogP contribution in [-0.2, 0) is 14.6 Å². The van der Waals surface area contributed by atoms with Crippen LogP contribution >= 0.6 is 0 Å². The van der Waals surface area contributed by atoms with Crippen molar-refractivity contribution in [3.05, 3.63) is 0 Å². The van der Waals surface area contributed by atoms with Gasteiger partial charge < -0.3 is 10.6 Å². The molecule has 0 saturated carbocycles. The molecule has 0 radical (unpaired) electrons. The molecule has 1 fully saturated rings. The second-order valence-electron chi connectivity index (χ2n) is 5.06. The maximum absolute atomic E-state index is 11.6. The molecule has 17 heavy (non-hydrogen) atoms. The van der Waals surface area contributed by atoms with Crippen molar-refractivity contribution in [2.45, 2.75) is 32.7 Å². The zero-order valence-corrected chi connectivity index (χ0v) is 11.3. The van der Waals surface area contributed by atoms with Crippen LogP contribution in [0, 0.1) is 5.92 Å². The molecule has 0 bridgehead atoms. The topological polar surface area (TPSA) is 75.3 Å². The van der Waals surface area contributed by atoms with Crippen molar-refractivity contribution in [1.82, 2.24) is 10.6 Å². The average molecular weight is 262 g/mol. The standard InChI is InChI=1S/C11H22N2O3S/c1-9(2)7-17(15,16)8-11(14)13-10-4-3-5-12-6-10/h9-10,12H,3-8H2,1-2H3,(H,13,14)/t10-/m0/s1. The highest BCUT2D eigenvalue weighted by molar-refractivity contribution is 7.92. The Kier molecular flexibility index (Phi) is 5.39. The van der Waals surface area contributed by atoms with E-state index in [4.69, 9.17) is 0 Å². The molecule has 1 rings (SSSR count). The summed E-state index contributed by atoms with van der Waals surface area (Å²) in [7, 11) is -3.26. The van der Waals surface area contributed by atoms with E-state index in [9.17, 15) is 13.2 Å². The minimum atomic E-state index is -3.26. The van der Waals surface area contributed by atoms with Crippen molar-refractivity contribution in [2.75, 3.05) is 24.6 Å². The van der Waals surface area contributed by atoms with E-state index in [1.807, 2.05) is 13.8 Å². The molecule has 0 spiro atoms. The fourth-order valence-corrected chi connectivity index (χ4v) is 3.63. The van der Waals surface area contributed by atoms with E-state index in [1.54, 1.807) is 0 Å². The van der Waals surface area contributed by atoms with Crippen LogP contribution in [0.15, 0.2) is 0 Å². The van der Waals surface area contributed by atoms with Gasteiger partial charge in [-0.05, 0) is 25.3 Å². The van der Waals surface area contributed by atoms with E-state index in [2.05, 4.69) is 10.6 Å². The summed E-state index contributed by atoms with van der Waals surface area (Å²) in [4.78, 5) is 11.6. The summed E-state index contributed by atoms with van der Waals surface area (Å²) in [6.45, 7) is 5.37. The average Bonchev–Trinajstić information content (AvgIpc) is 2.15. The van der Waals surface area contributed by atoms with Gasteiger partial charge in [-0.1, -0.05) is 13.8 Å². The van der Waals surface area contributed by atoms with Crippen LogP contribution in [0.2, 0.25) is 0 Å². The molecule has 1 aliphatic heterocycles. The minimum absolute atomic E-state index is 0.0594. The zero-order valence-electron chi connectivity index (χ0n) is 10.5. The Morgan fingerprint density at radius 2 is 2.18 bits per heavy atom.